The first-order chi connectivity index (χ1) is 16.8. The molecule has 0 saturated carbocycles. The summed E-state index contributed by atoms with van der Waals surface area (Å²) in [6.45, 7) is 8.38. The predicted octanol–water partition coefficient (Wildman–Crippen LogP) is 7.92. The van der Waals surface area contributed by atoms with Gasteiger partial charge < -0.3 is 13.7 Å². The van der Waals surface area contributed by atoms with Gasteiger partial charge in [0.1, 0.15) is 11.2 Å². The van der Waals surface area contributed by atoms with E-state index in [-0.39, 0.29) is 18.3 Å². The molecule has 0 bridgehead atoms. The van der Waals surface area contributed by atoms with Crippen LogP contribution in [0.5, 0.6) is 0 Å². The minimum absolute atomic E-state index is 0.338. The van der Waals surface area contributed by atoms with Crippen molar-refractivity contribution in [3.63, 3.8) is 0 Å². The molecule has 0 radical (unpaired) electrons. The van der Waals surface area contributed by atoms with Gasteiger partial charge in [-0.15, -0.1) is 11.3 Å². The summed E-state index contributed by atoms with van der Waals surface area (Å²) in [4.78, 5) is 0. The van der Waals surface area contributed by atoms with Crippen molar-refractivity contribution in [2.75, 3.05) is 0 Å². The molecule has 0 N–H and O–H groups in total. The molecule has 4 aromatic carbocycles. The molecular formula is C30H25BO3S. The third-order valence-corrected chi connectivity index (χ3v) is 8.86. The molecule has 5 heteroatoms. The number of benzene rings is 4. The molecule has 0 unspecified atom stereocenters. The maximum absolute atomic E-state index is 6.39. The molecule has 6 aromatic rings. The Kier molecular flexibility index (Phi) is 4.36. The van der Waals surface area contributed by atoms with E-state index in [1.165, 1.54) is 26.6 Å². The van der Waals surface area contributed by atoms with Gasteiger partial charge in [0.15, 0.2) is 0 Å². The standard InChI is InChI=1S/C30H25BO3S/c1-29(2)30(3,4)34-31(33-29)26-17-20-16-19(13-15-25(20)35-26)21-10-7-11-24-27(21)23-14-12-18-8-5-6-9-22(18)28(23)32-24/h5-17H,1-4H3. The highest BCUT2D eigenvalue weighted by molar-refractivity contribution is 7.28. The number of thiophene rings is 1. The van der Waals surface area contributed by atoms with E-state index in [2.05, 4.69) is 107 Å². The molecule has 1 saturated heterocycles. The van der Waals surface area contributed by atoms with Gasteiger partial charge in [-0.25, -0.2) is 0 Å². The van der Waals surface area contributed by atoms with Crippen LogP contribution in [0.25, 0.3) is 53.9 Å². The van der Waals surface area contributed by atoms with Gasteiger partial charge in [0.2, 0.25) is 0 Å². The highest BCUT2D eigenvalue weighted by Gasteiger charge is 2.52. The smallest absolute Gasteiger partial charge is 0.455 e. The van der Waals surface area contributed by atoms with Crippen molar-refractivity contribution in [1.29, 1.82) is 0 Å². The molecule has 7 rings (SSSR count). The molecule has 0 aliphatic carbocycles. The predicted molar refractivity (Wildman–Crippen MR) is 148 cm³/mol. The van der Waals surface area contributed by atoms with E-state index in [0.717, 1.165) is 32.1 Å². The lowest BCUT2D eigenvalue weighted by Gasteiger charge is -2.32. The fourth-order valence-electron chi connectivity index (χ4n) is 5.10. The Bertz CT molecular complexity index is 1760. The maximum Gasteiger partial charge on any atom is 0.505 e. The molecule has 0 spiro atoms. The number of hydrogen-bond donors (Lipinski definition) is 0. The second-order valence-corrected chi connectivity index (χ2v) is 11.5. The van der Waals surface area contributed by atoms with E-state index < -0.39 is 0 Å². The normalized spacial score (nSPS) is 17.3. The van der Waals surface area contributed by atoms with Crippen LogP contribution in [0.1, 0.15) is 27.7 Å². The average molecular weight is 476 g/mol. The van der Waals surface area contributed by atoms with E-state index in [0.29, 0.717) is 0 Å². The molecule has 1 aliphatic heterocycles. The zero-order valence-electron chi connectivity index (χ0n) is 20.2. The van der Waals surface area contributed by atoms with E-state index in [1.54, 1.807) is 11.3 Å². The summed E-state index contributed by atoms with van der Waals surface area (Å²) < 4.78 is 21.3. The van der Waals surface area contributed by atoms with Gasteiger partial charge >= 0.3 is 7.12 Å². The lowest BCUT2D eigenvalue weighted by Crippen LogP contribution is -2.41. The molecule has 0 amide bonds. The SMILES string of the molecule is CC1(C)OB(c2cc3cc(-c4cccc5oc6c7ccccc7ccc6c45)ccc3s2)OC1(C)C. The zero-order chi connectivity index (χ0) is 23.9. The third-order valence-electron chi connectivity index (χ3n) is 7.72. The summed E-state index contributed by atoms with van der Waals surface area (Å²) in [6.07, 6.45) is 0. The van der Waals surface area contributed by atoms with Crippen LogP contribution in [0.4, 0.5) is 0 Å². The Morgan fingerprint density at radius 3 is 2.34 bits per heavy atom. The van der Waals surface area contributed by atoms with Crippen LogP contribution >= 0.6 is 11.3 Å². The van der Waals surface area contributed by atoms with E-state index in [9.17, 15) is 0 Å². The van der Waals surface area contributed by atoms with Crippen LogP contribution in [-0.4, -0.2) is 18.3 Å². The van der Waals surface area contributed by atoms with Gasteiger partial charge in [-0.1, -0.05) is 48.5 Å². The van der Waals surface area contributed by atoms with Gasteiger partial charge in [-0.2, -0.15) is 0 Å². The summed E-state index contributed by atoms with van der Waals surface area (Å²) in [7, 11) is -0.338. The monoisotopic (exact) mass is 476 g/mol. The number of hydrogen-bond acceptors (Lipinski definition) is 4. The first kappa shape index (κ1) is 21.2. The van der Waals surface area contributed by atoms with Crippen LogP contribution in [-0.2, 0) is 9.31 Å². The van der Waals surface area contributed by atoms with E-state index >= 15 is 0 Å². The summed E-state index contributed by atoms with van der Waals surface area (Å²) in [6, 6.07) is 28.0. The second kappa shape index (κ2) is 7.20. The van der Waals surface area contributed by atoms with Gasteiger partial charge in [0.05, 0.1) is 11.2 Å². The van der Waals surface area contributed by atoms with Crippen LogP contribution in [0.3, 0.4) is 0 Å². The fraction of sp³-hybridized carbons (Fsp3) is 0.200. The Morgan fingerprint density at radius 1 is 0.714 bits per heavy atom. The third kappa shape index (κ3) is 3.12. The van der Waals surface area contributed by atoms with Crippen molar-refractivity contribution in [3.8, 4) is 11.1 Å². The summed E-state index contributed by atoms with van der Waals surface area (Å²) >= 11 is 1.74. The van der Waals surface area contributed by atoms with Gasteiger partial charge in [-0.3, -0.25) is 0 Å². The molecule has 1 fully saturated rings. The van der Waals surface area contributed by atoms with Crippen molar-refractivity contribution in [3.05, 3.63) is 78.9 Å². The van der Waals surface area contributed by atoms with Gasteiger partial charge in [0, 0.05) is 25.6 Å². The van der Waals surface area contributed by atoms with Crippen LogP contribution < -0.4 is 4.78 Å². The molecule has 172 valence electrons. The van der Waals surface area contributed by atoms with Crippen molar-refractivity contribution < 1.29 is 13.7 Å². The Balaban J connectivity index is 1.37. The summed E-state index contributed by atoms with van der Waals surface area (Å²) in [5, 5.41) is 5.85. The zero-order valence-corrected chi connectivity index (χ0v) is 21.0. The topological polar surface area (TPSA) is 31.6 Å². The van der Waals surface area contributed by atoms with Gasteiger partial charge in [0.25, 0.3) is 0 Å². The van der Waals surface area contributed by atoms with Crippen LogP contribution in [0.15, 0.2) is 83.3 Å². The molecule has 3 nitrogen and oxygen atoms in total. The Morgan fingerprint density at radius 2 is 1.51 bits per heavy atom. The van der Waals surface area contributed by atoms with E-state index in [1.807, 2.05) is 0 Å². The second-order valence-electron chi connectivity index (χ2n) is 10.4. The van der Waals surface area contributed by atoms with Crippen molar-refractivity contribution >= 4 is 66.0 Å². The first-order valence-corrected chi connectivity index (χ1v) is 12.8. The minimum atomic E-state index is -0.346. The van der Waals surface area contributed by atoms with E-state index in [4.69, 9.17) is 13.7 Å². The van der Waals surface area contributed by atoms with Gasteiger partial charge in [-0.05, 0) is 79.9 Å². The van der Waals surface area contributed by atoms with Crippen LogP contribution in [0.2, 0.25) is 0 Å². The van der Waals surface area contributed by atoms with Crippen molar-refractivity contribution in [1.82, 2.24) is 0 Å². The highest BCUT2D eigenvalue weighted by atomic mass is 32.1. The molecule has 35 heavy (non-hydrogen) atoms. The average Bonchev–Trinajstić information content (AvgIpc) is 3.49. The Hall–Kier alpha value is -3.12. The molecular weight excluding hydrogens is 451 g/mol. The molecule has 2 aromatic heterocycles. The number of fused-ring (bicyclic) bond motifs is 6. The summed E-state index contributed by atoms with van der Waals surface area (Å²) in [5.74, 6) is 0. The lowest BCUT2D eigenvalue weighted by molar-refractivity contribution is 0.00578. The minimum Gasteiger partial charge on any atom is -0.455 e. The molecule has 3 heterocycles. The highest BCUT2D eigenvalue weighted by Crippen LogP contribution is 2.41. The fourth-order valence-corrected chi connectivity index (χ4v) is 6.11. The van der Waals surface area contributed by atoms with Crippen LogP contribution in [0, 0.1) is 0 Å². The molecule has 0 atom stereocenters. The largest absolute Gasteiger partial charge is 0.505 e. The quantitative estimate of drug-likeness (QED) is 0.238. The first-order valence-electron chi connectivity index (χ1n) is 12.0. The summed E-state index contributed by atoms with van der Waals surface area (Å²) in [5.41, 5.74) is 3.53. The van der Waals surface area contributed by atoms with Crippen molar-refractivity contribution in [2.24, 2.45) is 0 Å². The number of rotatable bonds is 2. The Labute approximate surface area is 208 Å². The lowest BCUT2D eigenvalue weighted by atomic mass is 9.87. The maximum atomic E-state index is 6.39. The number of furan rings is 1. The van der Waals surface area contributed by atoms with Crippen molar-refractivity contribution in [2.45, 2.75) is 38.9 Å². The molecule has 1 aliphatic rings.